The van der Waals surface area contributed by atoms with E-state index >= 15 is 0 Å². The average molecular weight is 336 g/mol. The first-order valence-electron chi connectivity index (χ1n) is 7.32. The Kier molecular flexibility index (Phi) is 3.56. The number of alkyl halides is 1. The fraction of sp³-hybridized carbons (Fsp3) is 0.438. The maximum absolute atomic E-state index is 14.4. The Hall–Kier alpha value is -2.13. The van der Waals surface area contributed by atoms with Gasteiger partial charge in [0, 0.05) is 7.05 Å². The lowest BCUT2D eigenvalue weighted by atomic mass is 9.94. The van der Waals surface area contributed by atoms with Crippen LogP contribution in [0.25, 0.3) is 0 Å². The highest BCUT2D eigenvalue weighted by Crippen LogP contribution is 2.45. The lowest BCUT2D eigenvalue weighted by Crippen LogP contribution is -2.52. The quantitative estimate of drug-likeness (QED) is 0.740. The first-order chi connectivity index (χ1) is 10.9. The van der Waals surface area contributed by atoms with Crippen LogP contribution in [0.4, 0.5) is 14.9 Å². The van der Waals surface area contributed by atoms with E-state index in [1.165, 1.54) is 24.1 Å². The molecule has 3 amide bonds. The number of urea groups is 1. The van der Waals surface area contributed by atoms with Gasteiger partial charge in [0.05, 0.1) is 16.3 Å². The highest BCUT2D eigenvalue weighted by Gasteiger charge is 2.62. The molecule has 0 unspecified atom stereocenters. The third kappa shape index (κ3) is 1.89. The van der Waals surface area contributed by atoms with Gasteiger partial charge in [0.2, 0.25) is 0 Å². The highest BCUT2D eigenvalue weighted by atomic mass is 35.5. The van der Waals surface area contributed by atoms with Crippen molar-refractivity contribution in [3.63, 3.8) is 0 Å². The molecule has 5 nitrogen and oxygen atoms in total. The third-order valence-electron chi connectivity index (χ3n) is 4.90. The minimum absolute atomic E-state index is 0.192. The molecule has 120 valence electrons. The van der Waals surface area contributed by atoms with Crippen LogP contribution in [-0.2, 0) is 4.79 Å². The molecule has 0 N–H and O–H groups in total. The minimum Gasteiger partial charge on any atom is -0.309 e. The van der Waals surface area contributed by atoms with Crippen LogP contribution in [-0.4, -0.2) is 35.6 Å². The Morgan fingerprint density at radius 2 is 2.13 bits per heavy atom. The third-order valence-corrected chi connectivity index (χ3v) is 5.39. The van der Waals surface area contributed by atoms with Gasteiger partial charge >= 0.3 is 6.03 Å². The summed E-state index contributed by atoms with van der Waals surface area (Å²) in [5.74, 6) is -0.557. The number of amides is 3. The Balaban J connectivity index is 2.12. The van der Waals surface area contributed by atoms with Crippen LogP contribution in [0.1, 0.15) is 30.4 Å². The van der Waals surface area contributed by atoms with Crippen molar-refractivity contribution in [3.05, 3.63) is 28.3 Å². The second-order valence-electron chi connectivity index (χ2n) is 5.95. The molecule has 7 heteroatoms. The zero-order valence-electron chi connectivity index (χ0n) is 12.8. The van der Waals surface area contributed by atoms with Crippen molar-refractivity contribution < 1.29 is 14.0 Å². The Bertz CT molecular complexity index is 760. The molecule has 23 heavy (non-hydrogen) atoms. The summed E-state index contributed by atoms with van der Waals surface area (Å²) in [4.78, 5) is 27.7. The normalized spacial score (nSPS) is 27.2. The van der Waals surface area contributed by atoms with E-state index in [1.807, 2.05) is 6.07 Å². The zero-order chi connectivity index (χ0) is 16.9. The van der Waals surface area contributed by atoms with Gasteiger partial charge in [-0.15, -0.1) is 0 Å². The van der Waals surface area contributed by atoms with Gasteiger partial charge in [0.15, 0.2) is 5.54 Å². The van der Waals surface area contributed by atoms with E-state index in [0.29, 0.717) is 24.1 Å². The van der Waals surface area contributed by atoms with Crippen LogP contribution >= 0.6 is 11.6 Å². The maximum Gasteiger partial charge on any atom is 0.332 e. The fourth-order valence-electron chi connectivity index (χ4n) is 3.53. The molecule has 2 aliphatic rings. The maximum atomic E-state index is 14.4. The molecule has 1 saturated carbocycles. The summed E-state index contributed by atoms with van der Waals surface area (Å²) in [6.45, 7) is 1.63. The van der Waals surface area contributed by atoms with Crippen molar-refractivity contribution >= 4 is 29.2 Å². The molecule has 1 saturated heterocycles. The van der Waals surface area contributed by atoms with Crippen LogP contribution in [0.5, 0.6) is 0 Å². The summed E-state index contributed by atoms with van der Waals surface area (Å²) in [6, 6.07) is 4.34. The molecular weight excluding hydrogens is 321 g/mol. The summed E-state index contributed by atoms with van der Waals surface area (Å²) in [7, 11) is 1.46. The first-order valence-corrected chi connectivity index (χ1v) is 7.69. The number of nitriles is 1. The van der Waals surface area contributed by atoms with E-state index < -0.39 is 23.6 Å². The van der Waals surface area contributed by atoms with E-state index in [1.54, 1.807) is 6.92 Å². The van der Waals surface area contributed by atoms with Gasteiger partial charge in [0.25, 0.3) is 5.91 Å². The van der Waals surface area contributed by atoms with Gasteiger partial charge in [-0.05, 0) is 43.9 Å². The van der Waals surface area contributed by atoms with E-state index in [9.17, 15) is 14.0 Å². The van der Waals surface area contributed by atoms with Crippen LogP contribution in [0.3, 0.4) is 0 Å². The lowest BCUT2D eigenvalue weighted by Gasteiger charge is -2.29. The predicted molar refractivity (Wildman–Crippen MR) is 83.0 cm³/mol. The highest BCUT2D eigenvalue weighted by molar-refractivity contribution is 6.33. The number of nitrogens with zero attached hydrogens (tertiary/aromatic N) is 3. The fourth-order valence-corrected chi connectivity index (χ4v) is 3.73. The van der Waals surface area contributed by atoms with Crippen molar-refractivity contribution in [3.8, 4) is 6.07 Å². The summed E-state index contributed by atoms with van der Waals surface area (Å²) in [5, 5.41) is 9.20. The Morgan fingerprint density at radius 1 is 1.43 bits per heavy atom. The second kappa shape index (κ2) is 5.20. The van der Waals surface area contributed by atoms with Crippen LogP contribution in [0.2, 0.25) is 5.02 Å². The van der Waals surface area contributed by atoms with E-state index in [-0.39, 0.29) is 17.0 Å². The van der Waals surface area contributed by atoms with Gasteiger partial charge in [-0.25, -0.2) is 14.1 Å². The van der Waals surface area contributed by atoms with Crippen LogP contribution < -0.4 is 4.90 Å². The molecular formula is C16H15ClFN3O2. The molecule has 1 aliphatic carbocycles. The van der Waals surface area contributed by atoms with Crippen molar-refractivity contribution in [2.75, 3.05) is 11.9 Å². The number of halogens is 2. The standard InChI is InChI=1S/C16H15ClFN3O2/c1-9-11(6-5-10(8-19)13(9)17)21-14(22)16(20(2)15(21)23)7-3-4-12(16)18/h5-6,12H,3-4,7H2,1-2H3/t12-,16-/m0/s1. The molecule has 2 atom stereocenters. The zero-order valence-corrected chi connectivity index (χ0v) is 13.5. The topological polar surface area (TPSA) is 64.4 Å². The largest absolute Gasteiger partial charge is 0.332 e. The molecule has 0 radical (unpaired) electrons. The van der Waals surface area contributed by atoms with Gasteiger partial charge < -0.3 is 4.90 Å². The number of benzene rings is 1. The number of likely N-dealkylation sites (N-methyl/N-ethyl adjacent to an activating group) is 1. The number of anilines is 1. The molecule has 3 rings (SSSR count). The van der Waals surface area contributed by atoms with Gasteiger partial charge in [0.1, 0.15) is 12.2 Å². The smallest absolute Gasteiger partial charge is 0.309 e. The van der Waals surface area contributed by atoms with Crippen LogP contribution in [0.15, 0.2) is 12.1 Å². The Labute approximate surface area is 138 Å². The lowest BCUT2D eigenvalue weighted by molar-refractivity contribution is -0.126. The molecule has 1 heterocycles. The van der Waals surface area contributed by atoms with Crippen molar-refractivity contribution in [1.82, 2.24) is 4.90 Å². The average Bonchev–Trinajstić information content (AvgIpc) is 3.00. The van der Waals surface area contributed by atoms with Crippen molar-refractivity contribution in [2.24, 2.45) is 0 Å². The number of hydrogen-bond acceptors (Lipinski definition) is 3. The number of rotatable bonds is 1. The molecule has 1 aliphatic heterocycles. The number of carbonyl (C=O) groups excluding carboxylic acids is 2. The van der Waals surface area contributed by atoms with E-state index in [4.69, 9.17) is 16.9 Å². The molecule has 1 aromatic rings. The van der Waals surface area contributed by atoms with E-state index in [2.05, 4.69) is 0 Å². The van der Waals surface area contributed by atoms with Crippen molar-refractivity contribution in [1.29, 1.82) is 5.26 Å². The number of hydrogen-bond donors (Lipinski definition) is 0. The number of carbonyl (C=O) groups is 2. The Morgan fingerprint density at radius 3 is 2.70 bits per heavy atom. The van der Waals surface area contributed by atoms with Crippen LogP contribution in [0, 0.1) is 18.3 Å². The van der Waals surface area contributed by atoms with Gasteiger partial charge in [-0.1, -0.05) is 11.6 Å². The summed E-state index contributed by atoms with van der Waals surface area (Å²) < 4.78 is 14.4. The second-order valence-corrected chi connectivity index (χ2v) is 6.33. The molecule has 1 aromatic carbocycles. The number of imide groups is 1. The summed E-state index contributed by atoms with van der Waals surface area (Å²) in [5.41, 5.74) is -0.401. The van der Waals surface area contributed by atoms with Gasteiger partial charge in [-0.2, -0.15) is 5.26 Å². The molecule has 1 spiro atoms. The first kappa shape index (κ1) is 15.8. The van der Waals surface area contributed by atoms with Gasteiger partial charge in [-0.3, -0.25) is 4.79 Å². The molecule has 0 aromatic heterocycles. The molecule has 2 fully saturated rings. The predicted octanol–water partition coefficient (Wildman–Crippen LogP) is 3.18. The summed E-state index contributed by atoms with van der Waals surface area (Å²) >= 11 is 6.13. The monoisotopic (exact) mass is 335 g/mol. The van der Waals surface area contributed by atoms with Crippen molar-refractivity contribution in [2.45, 2.75) is 37.9 Å². The SMILES string of the molecule is Cc1c(N2C(=O)N(C)[C@]3(CCC[C@@H]3F)C2=O)ccc(C#N)c1Cl. The minimum atomic E-state index is -1.41. The summed E-state index contributed by atoms with van der Waals surface area (Å²) in [6.07, 6.45) is -0.229. The molecule has 0 bridgehead atoms. The van der Waals surface area contributed by atoms with E-state index in [0.717, 1.165) is 4.90 Å².